The van der Waals surface area contributed by atoms with Crippen molar-refractivity contribution in [3.8, 4) is 0 Å². The molecule has 1 fully saturated rings. The third kappa shape index (κ3) is 39.2. The summed E-state index contributed by atoms with van der Waals surface area (Å²) in [5.41, 5.74) is 0. The summed E-state index contributed by atoms with van der Waals surface area (Å²) in [6.07, 6.45) is 63.5. The second-order valence-corrected chi connectivity index (χ2v) is 14.4. The number of hydrogen-bond donors (Lipinski definition) is 0. The minimum absolute atomic E-state index is 0.499. The van der Waals surface area contributed by atoms with Gasteiger partial charge in [-0.15, -0.1) is 0 Å². The first-order valence-corrected chi connectivity index (χ1v) is 21.5. The van der Waals surface area contributed by atoms with Crippen molar-refractivity contribution >= 4 is 0 Å². The number of hydrogen-bond acceptors (Lipinski definition) is 1. The van der Waals surface area contributed by atoms with Crippen molar-refractivity contribution in [2.75, 3.05) is 0 Å². The summed E-state index contributed by atoms with van der Waals surface area (Å²) < 4.78 is 5.67. The van der Waals surface area contributed by atoms with Gasteiger partial charge < -0.3 is 4.74 Å². The molecule has 0 bridgehead atoms. The van der Waals surface area contributed by atoms with E-state index in [1.54, 1.807) is 0 Å². The lowest BCUT2D eigenvalue weighted by atomic mass is 10.1. The third-order valence-corrected chi connectivity index (χ3v) is 9.52. The Morgan fingerprint density at radius 3 is 1.00 bits per heavy atom. The molecule has 2 unspecified atom stereocenters. The van der Waals surface area contributed by atoms with E-state index in [0.29, 0.717) is 12.2 Å². The standard InChI is InChI=1S/C23H42O.C23H44/c1-3-5-7-8-9-10-11-12-13-14-15-16-17-19-21-23-22(24-23)20-18-6-4-2;1-3-5-7-9-11-13-15-17-19-21-23-22-20-18-16-14-12-10-8-6-4-2/h6,17-19,22-23H,3-5,7-16,20-21H2,1-2H3;11,13,17,19H,3-10,12,14-16,18,20-23H2,1-2H3. The number of unbranched alkanes of at least 4 members (excludes halogenated alkanes) is 25. The third-order valence-electron chi connectivity index (χ3n) is 9.52. The molecule has 2 atom stereocenters. The van der Waals surface area contributed by atoms with Gasteiger partial charge in [0.2, 0.25) is 0 Å². The van der Waals surface area contributed by atoms with E-state index in [0.717, 1.165) is 25.7 Å². The fourth-order valence-electron chi connectivity index (χ4n) is 6.21. The summed E-state index contributed by atoms with van der Waals surface area (Å²) in [4.78, 5) is 0. The van der Waals surface area contributed by atoms with Crippen molar-refractivity contribution in [1.29, 1.82) is 0 Å². The van der Waals surface area contributed by atoms with Crippen molar-refractivity contribution in [3.05, 3.63) is 48.6 Å². The second-order valence-electron chi connectivity index (χ2n) is 14.4. The van der Waals surface area contributed by atoms with E-state index in [1.807, 2.05) is 0 Å². The van der Waals surface area contributed by atoms with Gasteiger partial charge in [-0.2, -0.15) is 0 Å². The van der Waals surface area contributed by atoms with E-state index in [9.17, 15) is 0 Å². The summed E-state index contributed by atoms with van der Waals surface area (Å²) in [5, 5.41) is 0. The topological polar surface area (TPSA) is 12.5 Å². The first kappa shape index (κ1) is 45.9. The molecule has 0 aromatic rings. The van der Waals surface area contributed by atoms with Crippen LogP contribution in [0.4, 0.5) is 0 Å². The molecule has 0 spiro atoms. The molecule has 0 amide bonds. The van der Waals surface area contributed by atoms with E-state index >= 15 is 0 Å². The van der Waals surface area contributed by atoms with Crippen LogP contribution in [0.5, 0.6) is 0 Å². The Morgan fingerprint density at radius 2 is 0.617 bits per heavy atom. The fourth-order valence-corrected chi connectivity index (χ4v) is 6.21. The van der Waals surface area contributed by atoms with Gasteiger partial charge in [0, 0.05) is 0 Å². The van der Waals surface area contributed by atoms with E-state index in [2.05, 4.69) is 76.3 Å². The van der Waals surface area contributed by atoms with Crippen LogP contribution in [0.2, 0.25) is 0 Å². The summed E-state index contributed by atoms with van der Waals surface area (Å²) in [5.74, 6) is 0. The number of rotatable bonds is 35. The minimum Gasteiger partial charge on any atom is -0.369 e. The van der Waals surface area contributed by atoms with Crippen LogP contribution in [0, 0.1) is 0 Å². The molecular weight excluding hydrogens is 569 g/mol. The van der Waals surface area contributed by atoms with E-state index in [4.69, 9.17) is 4.74 Å². The molecule has 1 nitrogen and oxygen atoms in total. The lowest BCUT2D eigenvalue weighted by Crippen LogP contribution is -1.90. The highest BCUT2D eigenvalue weighted by Crippen LogP contribution is 2.29. The van der Waals surface area contributed by atoms with Crippen molar-refractivity contribution in [3.63, 3.8) is 0 Å². The molecule has 1 saturated heterocycles. The van der Waals surface area contributed by atoms with E-state index < -0.39 is 0 Å². The molecule has 0 aliphatic carbocycles. The number of ether oxygens (including phenoxy) is 1. The first-order valence-electron chi connectivity index (χ1n) is 21.5. The van der Waals surface area contributed by atoms with Crippen molar-refractivity contribution in [2.45, 2.75) is 245 Å². The Kier molecular flexibility index (Phi) is 40.1. The van der Waals surface area contributed by atoms with Gasteiger partial charge in [0.15, 0.2) is 0 Å². The van der Waals surface area contributed by atoms with Crippen molar-refractivity contribution in [2.24, 2.45) is 0 Å². The molecule has 47 heavy (non-hydrogen) atoms. The van der Waals surface area contributed by atoms with Crippen molar-refractivity contribution in [1.82, 2.24) is 0 Å². The van der Waals surface area contributed by atoms with Gasteiger partial charge in [0.05, 0.1) is 12.2 Å². The van der Waals surface area contributed by atoms with Gasteiger partial charge in [-0.25, -0.2) is 0 Å². The largest absolute Gasteiger partial charge is 0.369 e. The highest BCUT2D eigenvalue weighted by Gasteiger charge is 2.35. The smallest absolute Gasteiger partial charge is 0.0879 e. The van der Waals surface area contributed by atoms with Crippen molar-refractivity contribution < 1.29 is 4.74 Å². The quantitative estimate of drug-likeness (QED) is 0.0376. The lowest BCUT2D eigenvalue weighted by Gasteiger charge is -2.01. The van der Waals surface area contributed by atoms with Crippen LogP contribution in [-0.4, -0.2) is 12.2 Å². The molecule has 0 N–H and O–H groups in total. The van der Waals surface area contributed by atoms with Crippen LogP contribution in [0.3, 0.4) is 0 Å². The summed E-state index contributed by atoms with van der Waals surface area (Å²) in [6, 6.07) is 0. The zero-order chi connectivity index (χ0) is 34.1. The Bertz CT molecular complexity index is 685. The van der Waals surface area contributed by atoms with Gasteiger partial charge in [0.25, 0.3) is 0 Å². The molecule has 0 aromatic heterocycles. The average Bonchev–Trinajstić information content (AvgIpc) is 3.84. The maximum Gasteiger partial charge on any atom is 0.0879 e. The second kappa shape index (κ2) is 41.1. The van der Waals surface area contributed by atoms with Gasteiger partial charge >= 0.3 is 0 Å². The Hall–Kier alpha value is -1.08. The van der Waals surface area contributed by atoms with Gasteiger partial charge in [-0.1, -0.05) is 218 Å². The molecule has 276 valence electrons. The van der Waals surface area contributed by atoms with Crippen LogP contribution in [0.15, 0.2) is 48.6 Å². The predicted octanol–water partition coefficient (Wildman–Crippen LogP) is 16.5. The highest BCUT2D eigenvalue weighted by molar-refractivity contribution is 4.98. The molecule has 1 heterocycles. The highest BCUT2D eigenvalue weighted by atomic mass is 16.6. The number of allylic oxidation sites excluding steroid dienone is 6. The van der Waals surface area contributed by atoms with Gasteiger partial charge in [0.1, 0.15) is 0 Å². The van der Waals surface area contributed by atoms with Gasteiger partial charge in [-0.05, 0) is 64.2 Å². The SMILES string of the molecule is CCC=CCC1OC1CC=CCCCCCCCCCCCCC.CCCCCC=CCC=CCCCCCCCCCCCCC. The fraction of sp³-hybridized carbons (Fsp3) is 0.826. The molecule has 1 aliphatic heterocycles. The van der Waals surface area contributed by atoms with Crippen LogP contribution in [0.25, 0.3) is 0 Å². The van der Waals surface area contributed by atoms with Gasteiger partial charge in [-0.3, -0.25) is 0 Å². The zero-order valence-electron chi connectivity index (χ0n) is 32.8. The first-order chi connectivity index (χ1) is 23.3. The van der Waals surface area contributed by atoms with Crippen LogP contribution in [0.1, 0.15) is 233 Å². The monoisotopic (exact) mass is 655 g/mol. The Balaban J connectivity index is 0.000000902. The number of epoxide rings is 1. The lowest BCUT2D eigenvalue weighted by molar-refractivity contribution is 0.372. The summed E-state index contributed by atoms with van der Waals surface area (Å²) in [7, 11) is 0. The molecule has 1 aliphatic rings. The summed E-state index contributed by atoms with van der Waals surface area (Å²) in [6.45, 7) is 9.03. The van der Waals surface area contributed by atoms with Crippen LogP contribution in [-0.2, 0) is 4.74 Å². The Morgan fingerprint density at radius 1 is 0.319 bits per heavy atom. The molecule has 0 saturated carbocycles. The van der Waals surface area contributed by atoms with Crippen LogP contribution < -0.4 is 0 Å². The molecule has 1 rings (SSSR count). The van der Waals surface area contributed by atoms with Crippen LogP contribution >= 0.6 is 0 Å². The molecular formula is C46H86O. The average molecular weight is 655 g/mol. The summed E-state index contributed by atoms with van der Waals surface area (Å²) >= 11 is 0. The maximum absolute atomic E-state index is 5.67. The van der Waals surface area contributed by atoms with E-state index in [1.165, 1.54) is 180 Å². The predicted molar refractivity (Wildman–Crippen MR) is 216 cm³/mol. The van der Waals surface area contributed by atoms with E-state index in [-0.39, 0.29) is 0 Å². The minimum atomic E-state index is 0.499. The molecule has 0 radical (unpaired) electrons. The molecule has 1 heteroatoms. The normalized spacial score (nSPS) is 16.3. The Labute approximate surface area is 298 Å². The maximum atomic E-state index is 5.67. The zero-order valence-corrected chi connectivity index (χ0v) is 32.8. The molecule has 0 aromatic carbocycles.